The van der Waals surface area contributed by atoms with Gasteiger partial charge in [-0.15, -0.1) is 0 Å². The van der Waals surface area contributed by atoms with Gasteiger partial charge in [0.2, 0.25) is 11.8 Å². The quantitative estimate of drug-likeness (QED) is 0.263. The number of nitrogens with zero attached hydrogens (tertiary/aromatic N) is 4. The van der Waals surface area contributed by atoms with Crippen LogP contribution in [-0.2, 0) is 31.7 Å². The number of benzene rings is 1. The summed E-state index contributed by atoms with van der Waals surface area (Å²) in [5, 5.41) is 3.05. The zero-order valence-corrected chi connectivity index (χ0v) is 20.0. The predicted molar refractivity (Wildman–Crippen MR) is 125 cm³/mol. The van der Waals surface area contributed by atoms with Gasteiger partial charge in [-0.2, -0.15) is 9.97 Å². The maximum Gasteiger partial charge on any atom is 0.295 e. The summed E-state index contributed by atoms with van der Waals surface area (Å²) < 4.78 is 37.5. The highest BCUT2D eigenvalue weighted by molar-refractivity contribution is 7.56. The Kier molecular flexibility index (Phi) is 9.16. The van der Waals surface area contributed by atoms with Gasteiger partial charge in [0.05, 0.1) is 33.3 Å². The summed E-state index contributed by atoms with van der Waals surface area (Å²) in [4.78, 5) is 12.5. The van der Waals surface area contributed by atoms with E-state index in [0.717, 1.165) is 5.56 Å². The van der Waals surface area contributed by atoms with E-state index < -0.39 is 7.52 Å². The van der Waals surface area contributed by atoms with Crippen LogP contribution in [0.2, 0.25) is 0 Å². The molecule has 1 unspecified atom stereocenters. The summed E-state index contributed by atoms with van der Waals surface area (Å²) in [7, 11) is -1.80. The van der Waals surface area contributed by atoms with Crippen LogP contribution in [0.4, 0.5) is 5.95 Å². The number of nitrogens with one attached hydrogen (secondary N) is 1. The van der Waals surface area contributed by atoms with E-state index in [1.807, 2.05) is 44.2 Å². The van der Waals surface area contributed by atoms with E-state index in [9.17, 15) is 4.57 Å². The fourth-order valence-corrected chi connectivity index (χ4v) is 4.82. The zero-order chi connectivity index (χ0) is 23.7. The number of ether oxygens (including phenoxy) is 3. The summed E-state index contributed by atoms with van der Waals surface area (Å²) in [6.45, 7) is 5.69. The van der Waals surface area contributed by atoms with Crippen LogP contribution in [0.3, 0.4) is 0 Å². The Labute approximate surface area is 193 Å². The maximum atomic E-state index is 13.5. The standard InChI is InChI=1S/C21H31N6O5P/c1-4-30-12-16(2)26-33(28,32-13-17-8-6-5-7-9-17)15-31-11-10-27-14-23-18-19(27)24-21(22)25-20(18)29-3/h5-9,14,16H,4,10-13,15H2,1-3H3,(H,26,28)(H2,22,24,25)/t16-,33?/m1/s1. The van der Waals surface area contributed by atoms with Crippen LogP contribution < -0.4 is 15.6 Å². The molecular weight excluding hydrogens is 447 g/mol. The lowest BCUT2D eigenvalue weighted by Crippen LogP contribution is -2.30. The minimum Gasteiger partial charge on any atom is -0.479 e. The van der Waals surface area contributed by atoms with Crippen molar-refractivity contribution >= 4 is 24.6 Å². The van der Waals surface area contributed by atoms with Crippen LogP contribution in [0.5, 0.6) is 5.88 Å². The largest absolute Gasteiger partial charge is 0.479 e. The van der Waals surface area contributed by atoms with E-state index in [0.29, 0.717) is 36.8 Å². The van der Waals surface area contributed by atoms with Gasteiger partial charge >= 0.3 is 0 Å². The van der Waals surface area contributed by atoms with E-state index in [4.69, 9.17) is 24.5 Å². The highest BCUT2D eigenvalue weighted by Gasteiger charge is 2.26. The average molecular weight is 478 g/mol. The van der Waals surface area contributed by atoms with Crippen molar-refractivity contribution in [3.63, 3.8) is 0 Å². The van der Waals surface area contributed by atoms with Crippen LogP contribution in [0.1, 0.15) is 19.4 Å². The van der Waals surface area contributed by atoms with Gasteiger partial charge in [-0.25, -0.2) is 10.1 Å². The zero-order valence-electron chi connectivity index (χ0n) is 19.1. The molecule has 2 heterocycles. The molecule has 2 aromatic heterocycles. The summed E-state index contributed by atoms with van der Waals surface area (Å²) >= 11 is 0. The number of nitrogen functional groups attached to an aromatic ring is 1. The van der Waals surface area contributed by atoms with E-state index in [-0.39, 0.29) is 31.6 Å². The van der Waals surface area contributed by atoms with Crippen LogP contribution in [0.15, 0.2) is 36.7 Å². The first-order valence-corrected chi connectivity index (χ1v) is 12.5. The number of hydrogen-bond acceptors (Lipinski definition) is 9. The Morgan fingerprint density at radius 1 is 1.21 bits per heavy atom. The molecule has 11 nitrogen and oxygen atoms in total. The molecule has 33 heavy (non-hydrogen) atoms. The average Bonchev–Trinajstić information content (AvgIpc) is 3.22. The minimum atomic E-state index is -3.30. The first-order valence-electron chi connectivity index (χ1n) is 10.7. The Morgan fingerprint density at radius 2 is 2.00 bits per heavy atom. The Morgan fingerprint density at radius 3 is 2.73 bits per heavy atom. The van der Waals surface area contributed by atoms with Gasteiger partial charge in [-0.05, 0) is 19.4 Å². The fraction of sp³-hybridized carbons (Fsp3) is 0.476. The van der Waals surface area contributed by atoms with Crippen molar-refractivity contribution < 1.29 is 23.3 Å². The number of fused-ring (bicyclic) bond motifs is 1. The summed E-state index contributed by atoms with van der Waals surface area (Å²) in [5.74, 6) is 0.400. The van der Waals surface area contributed by atoms with E-state index in [1.54, 1.807) is 10.9 Å². The molecule has 0 radical (unpaired) electrons. The lowest BCUT2D eigenvalue weighted by molar-refractivity contribution is 0.125. The predicted octanol–water partition coefficient (Wildman–Crippen LogP) is 2.82. The van der Waals surface area contributed by atoms with Crippen LogP contribution in [-0.4, -0.2) is 58.8 Å². The fourth-order valence-electron chi connectivity index (χ4n) is 3.12. The molecular formula is C21H31N6O5P. The highest BCUT2D eigenvalue weighted by atomic mass is 31.2. The molecule has 3 rings (SSSR count). The molecule has 0 amide bonds. The second-order valence-electron chi connectivity index (χ2n) is 7.36. The molecule has 0 spiro atoms. The van der Waals surface area contributed by atoms with E-state index >= 15 is 0 Å². The molecule has 0 aliphatic carbocycles. The smallest absolute Gasteiger partial charge is 0.295 e. The number of methoxy groups -OCH3 is 1. The van der Waals surface area contributed by atoms with Gasteiger partial charge in [0.25, 0.3) is 7.52 Å². The lowest BCUT2D eigenvalue weighted by Gasteiger charge is -2.23. The summed E-state index contributed by atoms with van der Waals surface area (Å²) in [6.07, 6.45) is 1.52. The number of rotatable bonds is 14. The van der Waals surface area contributed by atoms with E-state index in [1.165, 1.54) is 7.11 Å². The van der Waals surface area contributed by atoms with Crippen molar-refractivity contribution in [2.24, 2.45) is 0 Å². The Bertz CT molecular complexity index is 1060. The lowest BCUT2D eigenvalue weighted by atomic mass is 10.2. The third-order valence-corrected chi connectivity index (χ3v) is 6.55. The first-order chi connectivity index (χ1) is 15.9. The number of imidazole rings is 1. The minimum absolute atomic E-state index is 0.0910. The SMILES string of the molecule is CCOC[C@@H](C)NP(=O)(COCCn1cnc2c(OC)nc(N)nc21)OCc1ccccc1. The molecule has 0 aliphatic heterocycles. The number of hydrogen-bond donors (Lipinski definition) is 2. The highest BCUT2D eigenvalue weighted by Crippen LogP contribution is 2.44. The van der Waals surface area contributed by atoms with Gasteiger partial charge < -0.3 is 29.0 Å². The number of nitrogens with two attached hydrogens (primary N) is 1. The number of anilines is 1. The monoisotopic (exact) mass is 478 g/mol. The van der Waals surface area contributed by atoms with Gasteiger partial charge in [0, 0.05) is 19.2 Å². The molecule has 3 aromatic rings. The third-order valence-electron chi connectivity index (χ3n) is 4.65. The molecule has 0 saturated heterocycles. The second-order valence-corrected chi connectivity index (χ2v) is 9.48. The Hall–Kier alpha value is -2.56. The van der Waals surface area contributed by atoms with Gasteiger partial charge in [0.1, 0.15) is 6.35 Å². The van der Waals surface area contributed by atoms with E-state index in [2.05, 4.69) is 20.0 Å². The van der Waals surface area contributed by atoms with Gasteiger partial charge in [-0.3, -0.25) is 4.57 Å². The van der Waals surface area contributed by atoms with Crippen molar-refractivity contribution in [1.82, 2.24) is 24.6 Å². The second kappa shape index (κ2) is 12.1. The van der Waals surface area contributed by atoms with Crippen molar-refractivity contribution in [3.05, 3.63) is 42.2 Å². The van der Waals surface area contributed by atoms with Gasteiger partial charge in [0.15, 0.2) is 11.2 Å². The van der Waals surface area contributed by atoms with Gasteiger partial charge in [-0.1, -0.05) is 30.3 Å². The molecule has 1 aromatic carbocycles. The molecule has 3 N–H and O–H groups in total. The van der Waals surface area contributed by atoms with Crippen molar-refractivity contribution in [2.45, 2.75) is 33.0 Å². The molecule has 0 aliphatic rings. The summed E-state index contributed by atoms with van der Waals surface area (Å²) in [6, 6.07) is 9.40. The number of aromatic nitrogens is 4. The topological polar surface area (TPSA) is 136 Å². The van der Waals surface area contributed by atoms with Crippen molar-refractivity contribution in [1.29, 1.82) is 0 Å². The molecule has 0 bridgehead atoms. The van der Waals surface area contributed by atoms with Crippen LogP contribution >= 0.6 is 7.52 Å². The maximum absolute atomic E-state index is 13.5. The van der Waals surface area contributed by atoms with Crippen molar-refractivity contribution in [2.75, 3.05) is 39.0 Å². The molecule has 12 heteroatoms. The Balaban J connectivity index is 1.61. The van der Waals surface area contributed by atoms with Crippen molar-refractivity contribution in [3.8, 4) is 5.88 Å². The molecule has 0 saturated carbocycles. The normalized spacial score (nSPS) is 14.3. The molecule has 2 atom stereocenters. The first kappa shape index (κ1) is 25.1. The summed E-state index contributed by atoms with van der Waals surface area (Å²) in [5.41, 5.74) is 7.73. The molecule has 0 fully saturated rings. The van der Waals surface area contributed by atoms with Crippen LogP contribution in [0, 0.1) is 0 Å². The third kappa shape index (κ3) is 7.21. The molecule has 180 valence electrons. The van der Waals surface area contributed by atoms with Crippen LogP contribution in [0.25, 0.3) is 11.2 Å².